The second-order valence-electron chi connectivity index (χ2n) is 3.31. The highest BCUT2D eigenvalue weighted by Gasteiger charge is 2.39. The van der Waals surface area contributed by atoms with Gasteiger partial charge < -0.3 is 0 Å². The van der Waals surface area contributed by atoms with Crippen LogP contribution in [0.1, 0.15) is 26.7 Å². The van der Waals surface area contributed by atoms with Crippen molar-refractivity contribution in [3.8, 4) is 0 Å². The van der Waals surface area contributed by atoms with E-state index in [-0.39, 0.29) is 17.3 Å². The first-order chi connectivity index (χ1) is 6.75. The van der Waals surface area contributed by atoms with Crippen molar-refractivity contribution in [1.29, 1.82) is 0 Å². The summed E-state index contributed by atoms with van der Waals surface area (Å²) >= 11 is 0.876. The summed E-state index contributed by atoms with van der Waals surface area (Å²) in [6.07, 6.45) is -5.41. The third-order valence-corrected chi connectivity index (χ3v) is 2.66. The van der Waals surface area contributed by atoms with Gasteiger partial charge in [0.05, 0.1) is 0 Å². The van der Waals surface area contributed by atoms with Crippen LogP contribution < -0.4 is 0 Å². The van der Waals surface area contributed by atoms with Crippen molar-refractivity contribution in [1.82, 2.24) is 0 Å². The van der Waals surface area contributed by atoms with Gasteiger partial charge in [0, 0.05) is 19.1 Å². The van der Waals surface area contributed by atoms with Crippen molar-refractivity contribution in [2.24, 2.45) is 0 Å². The normalized spacial score (nSPS) is 16.1. The predicted octanol–water partition coefficient (Wildman–Crippen LogP) is 3.38. The summed E-state index contributed by atoms with van der Waals surface area (Å²) in [6, 6.07) is 0. The second-order valence-corrected chi connectivity index (χ2v) is 4.58. The van der Waals surface area contributed by atoms with E-state index in [1.165, 1.54) is 6.92 Å². The first-order valence-corrected chi connectivity index (χ1v) is 5.53. The van der Waals surface area contributed by atoms with Crippen LogP contribution >= 0.6 is 11.8 Å². The molecule has 0 radical (unpaired) electrons. The summed E-state index contributed by atoms with van der Waals surface area (Å²) in [5.41, 5.74) is 0. The quantitative estimate of drug-likeness (QED) is 0.668. The number of rotatable bonds is 6. The molecule has 0 bridgehead atoms. The van der Waals surface area contributed by atoms with Crippen LogP contribution in [0.4, 0.5) is 17.6 Å². The van der Waals surface area contributed by atoms with E-state index in [0.29, 0.717) is 6.92 Å². The Hall–Kier alpha value is -0.260. The Bertz CT molecular complexity index is 208. The SMILES string of the molecule is CC(=O)SCCC(F)CC(F)(F)C(C)F. The van der Waals surface area contributed by atoms with Gasteiger partial charge in [0.2, 0.25) is 0 Å². The Kier molecular flexibility index (Phi) is 6.24. The molecule has 0 rings (SSSR count). The molecule has 0 saturated heterocycles. The first-order valence-electron chi connectivity index (χ1n) is 4.55. The average Bonchev–Trinajstić information content (AvgIpc) is 2.01. The standard InChI is InChI=1S/C9H14F4OS/c1-6(10)9(12,13)5-8(11)3-4-15-7(2)14/h6,8H,3-5H2,1-2H3. The summed E-state index contributed by atoms with van der Waals surface area (Å²) in [4.78, 5) is 10.5. The summed E-state index contributed by atoms with van der Waals surface area (Å²) in [5, 5.41) is -0.187. The molecule has 0 aromatic rings. The third kappa shape index (κ3) is 6.76. The molecule has 0 spiro atoms. The Morgan fingerprint density at radius 1 is 1.40 bits per heavy atom. The molecule has 90 valence electrons. The summed E-state index contributed by atoms with van der Waals surface area (Å²) in [7, 11) is 0. The van der Waals surface area contributed by atoms with E-state index in [0.717, 1.165) is 11.8 Å². The molecule has 0 amide bonds. The van der Waals surface area contributed by atoms with Gasteiger partial charge >= 0.3 is 0 Å². The summed E-state index contributed by atoms with van der Waals surface area (Å²) < 4.78 is 50.6. The molecule has 0 aromatic heterocycles. The van der Waals surface area contributed by atoms with Crippen LogP contribution in [0.5, 0.6) is 0 Å². The van der Waals surface area contributed by atoms with Crippen LogP contribution in [0.25, 0.3) is 0 Å². The molecular weight excluding hydrogens is 232 g/mol. The van der Waals surface area contributed by atoms with Gasteiger partial charge in [-0.05, 0) is 13.3 Å². The first kappa shape index (κ1) is 14.7. The van der Waals surface area contributed by atoms with Crippen LogP contribution in [0.15, 0.2) is 0 Å². The van der Waals surface area contributed by atoms with E-state index >= 15 is 0 Å². The number of halogens is 4. The lowest BCUT2D eigenvalue weighted by Crippen LogP contribution is -2.31. The Morgan fingerprint density at radius 2 is 1.93 bits per heavy atom. The number of hydrogen-bond donors (Lipinski definition) is 0. The highest BCUT2D eigenvalue weighted by molar-refractivity contribution is 8.13. The molecule has 0 N–H and O–H groups in total. The second kappa shape index (κ2) is 6.35. The van der Waals surface area contributed by atoms with E-state index in [1.54, 1.807) is 0 Å². The molecule has 0 aliphatic carbocycles. The van der Waals surface area contributed by atoms with Crippen molar-refractivity contribution in [3.05, 3.63) is 0 Å². The maximum absolute atomic E-state index is 12.9. The zero-order valence-electron chi connectivity index (χ0n) is 8.60. The molecule has 0 aliphatic rings. The summed E-state index contributed by atoms with van der Waals surface area (Å²) in [5.74, 6) is -3.48. The molecular formula is C9H14F4OS. The predicted molar refractivity (Wildman–Crippen MR) is 52.8 cm³/mol. The van der Waals surface area contributed by atoms with Crippen LogP contribution in [-0.4, -0.2) is 29.1 Å². The maximum Gasteiger partial charge on any atom is 0.281 e. The van der Waals surface area contributed by atoms with Crippen molar-refractivity contribution < 1.29 is 22.4 Å². The largest absolute Gasteiger partial charge is 0.288 e. The molecule has 0 aromatic carbocycles. The van der Waals surface area contributed by atoms with E-state index < -0.39 is 24.7 Å². The number of thioether (sulfide) groups is 1. The van der Waals surface area contributed by atoms with E-state index in [1.807, 2.05) is 0 Å². The highest BCUT2D eigenvalue weighted by Crippen LogP contribution is 2.29. The highest BCUT2D eigenvalue weighted by atomic mass is 32.2. The Labute approximate surface area is 90.6 Å². The lowest BCUT2D eigenvalue weighted by molar-refractivity contribution is -0.109. The van der Waals surface area contributed by atoms with Crippen LogP contribution in [0, 0.1) is 0 Å². The van der Waals surface area contributed by atoms with E-state index in [9.17, 15) is 22.4 Å². The fourth-order valence-electron chi connectivity index (χ4n) is 0.890. The minimum Gasteiger partial charge on any atom is -0.288 e. The summed E-state index contributed by atoms with van der Waals surface area (Å²) in [6.45, 7) is 2.02. The van der Waals surface area contributed by atoms with Crippen LogP contribution in [0.2, 0.25) is 0 Å². The molecule has 0 heterocycles. The minimum atomic E-state index is -3.62. The van der Waals surface area contributed by atoms with Gasteiger partial charge in [0.15, 0.2) is 11.3 Å². The molecule has 1 nitrogen and oxygen atoms in total. The number of carbonyl (C=O) groups excluding carboxylic acids is 1. The zero-order valence-corrected chi connectivity index (χ0v) is 9.42. The minimum absolute atomic E-state index is 0.146. The zero-order chi connectivity index (χ0) is 12.1. The molecule has 2 atom stereocenters. The average molecular weight is 246 g/mol. The van der Waals surface area contributed by atoms with Crippen molar-refractivity contribution in [3.63, 3.8) is 0 Å². The van der Waals surface area contributed by atoms with Gasteiger partial charge in [-0.25, -0.2) is 17.6 Å². The van der Waals surface area contributed by atoms with Gasteiger partial charge in [0.1, 0.15) is 6.17 Å². The fourth-order valence-corrected chi connectivity index (χ4v) is 1.55. The maximum atomic E-state index is 12.9. The Morgan fingerprint density at radius 3 is 2.33 bits per heavy atom. The monoisotopic (exact) mass is 246 g/mol. The van der Waals surface area contributed by atoms with Gasteiger partial charge in [-0.3, -0.25) is 4.79 Å². The van der Waals surface area contributed by atoms with Crippen LogP contribution in [0.3, 0.4) is 0 Å². The van der Waals surface area contributed by atoms with Crippen molar-refractivity contribution in [2.45, 2.75) is 45.0 Å². The molecule has 0 aliphatic heterocycles. The lowest BCUT2D eigenvalue weighted by atomic mass is 10.1. The van der Waals surface area contributed by atoms with E-state index in [2.05, 4.69) is 0 Å². The van der Waals surface area contributed by atoms with Gasteiger partial charge in [-0.2, -0.15) is 0 Å². The van der Waals surface area contributed by atoms with Gasteiger partial charge in [-0.1, -0.05) is 11.8 Å². The van der Waals surface area contributed by atoms with E-state index in [4.69, 9.17) is 0 Å². The van der Waals surface area contributed by atoms with Crippen LogP contribution in [-0.2, 0) is 4.79 Å². The van der Waals surface area contributed by atoms with Crippen molar-refractivity contribution in [2.75, 3.05) is 5.75 Å². The fraction of sp³-hybridized carbons (Fsp3) is 0.889. The Balaban J connectivity index is 3.82. The van der Waals surface area contributed by atoms with Crippen molar-refractivity contribution >= 4 is 16.9 Å². The smallest absolute Gasteiger partial charge is 0.281 e. The number of alkyl halides is 4. The molecule has 0 saturated carbocycles. The molecule has 2 unspecified atom stereocenters. The number of hydrogen-bond acceptors (Lipinski definition) is 2. The molecule has 6 heteroatoms. The molecule has 0 fully saturated rings. The lowest BCUT2D eigenvalue weighted by Gasteiger charge is -2.19. The van der Waals surface area contributed by atoms with Gasteiger partial charge in [-0.15, -0.1) is 0 Å². The third-order valence-electron chi connectivity index (χ3n) is 1.81. The molecule has 15 heavy (non-hydrogen) atoms. The van der Waals surface area contributed by atoms with Gasteiger partial charge in [0.25, 0.3) is 5.92 Å². The topological polar surface area (TPSA) is 17.1 Å². The number of carbonyl (C=O) groups is 1.